The molecule has 6 nitrogen and oxygen atoms in total. The molecule has 2 amide bonds. The van der Waals surface area contributed by atoms with Crippen molar-refractivity contribution < 1.29 is 22.8 Å². The molecule has 1 atom stereocenters. The normalized spacial score (nSPS) is 14.3. The number of rotatable bonds is 11. The lowest BCUT2D eigenvalue weighted by Crippen LogP contribution is -2.56. The van der Waals surface area contributed by atoms with Gasteiger partial charge in [0.25, 0.3) is 0 Å². The van der Waals surface area contributed by atoms with E-state index in [1.807, 2.05) is 77.7 Å². The third-order valence-electron chi connectivity index (χ3n) is 9.35. The topological polar surface area (TPSA) is 56.8 Å². The molecule has 9 heteroatoms. The maximum absolute atomic E-state index is 14.6. The number of carbonyl (C=O) groups is 2. The van der Waals surface area contributed by atoms with Gasteiger partial charge in [-0.1, -0.05) is 103 Å². The van der Waals surface area contributed by atoms with E-state index in [9.17, 15) is 22.8 Å². The van der Waals surface area contributed by atoms with E-state index in [1.165, 1.54) is 35.4 Å². The maximum atomic E-state index is 14.6. The highest BCUT2D eigenvalue weighted by Crippen LogP contribution is 2.29. The van der Waals surface area contributed by atoms with Crippen LogP contribution in [-0.2, 0) is 35.3 Å². The van der Waals surface area contributed by atoms with Gasteiger partial charge < -0.3 is 9.80 Å². The van der Waals surface area contributed by atoms with Crippen molar-refractivity contribution in [1.82, 2.24) is 19.7 Å². The van der Waals surface area contributed by atoms with Gasteiger partial charge in [0.15, 0.2) is 0 Å². The van der Waals surface area contributed by atoms with Crippen molar-refractivity contribution in [1.29, 1.82) is 0 Å². The first-order valence-electron chi connectivity index (χ1n) is 17.4. The number of nitrogens with zero attached hydrogens (tertiary/aromatic N) is 4. The first kappa shape index (κ1) is 36.3. The Labute approximate surface area is 302 Å². The first-order chi connectivity index (χ1) is 25.1. The zero-order valence-electron chi connectivity index (χ0n) is 29.0. The monoisotopic (exact) mass is 702 g/mol. The van der Waals surface area contributed by atoms with Crippen LogP contribution in [0.25, 0.3) is 17.3 Å². The average molecular weight is 703 g/mol. The SMILES string of the molecule is Cc1ccc(CN2CCN(C(=O)[C@H](Cc3ccccc3)N(Cc3ccc(-c4ccccn4)cc3)C(=O)C=Cc3ccc(C(F)(F)F)cc3)CC2)cc1. The van der Waals surface area contributed by atoms with Crippen molar-refractivity contribution in [2.75, 3.05) is 26.2 Å². The van der Waals surface area contributed by atoms with E-state index < -0.39 is 23.7 Å². The Kier molecular flexibility index (Phi) is 11.6. The van der Waals surface area contributed by atoms with E-state index >= 15 is 0 Å². The molecular formula is C43H41F3N4O2. The molecule has 4 aromatic carbocycles. The van der Waals surface area contributed by atoms with Gasteiger partial charge in [-0.25, -0.2) is 0 Å². The third-order valence-corrected chi connectivity index (χ3v) is 9.35. The molecule has 1 aromatic heterocycles. The van der Waals surface area contributed by atoms with Crippen LogP contribution in [0.1, 0.15) is 33.4 Å². The van der Waals surface area contributed by atoms with Gasteiger partial charge in [-0.2, -0.15) is 13.2 Å². The maximum Gasteiger partial charge on any atom is 0.416 e. The van der Waals surface area contributed by atoms with E-state index in [-0.39, 0.29) is 12.5 Å². The van der Waals surface area contributed by atoms with E-state index in [2.05, 4.69) is 41.1 Å². The van der Waals surface area contributed by atoms with Crippen molar-refractivity contribution in [3.63, 3.8) is 0 Å². The number of pyridine rings is 1. The Morgan fingerprint density at radius 2 is 1.42 bits per heavy atom. The zero-order chi connectivity index (χ0) is 36.5. The summed E-state index contributed by atoms with van der Waals surface area (Å²) in [5.41, 5.74) is 5.58. The van der Waals surface area contributed by atoms with E-state index in [0.717, 1.165) is 41.1 Å². The first-order valence-corrected chi connectivity index (χ1v) is 17.4. The fraction of sp³-hybridized carbons (Fsp3) is 0.233. The zero-order valence-corrected chi connectivity index (χ0v) is 29.0. The number of piperazine rings is 1. The Morgan fingerprint density at radius 1 is 0.769 bits per heavy atom. The molecule has 1 saturated heterocycles. The number of benzene rings is 4. The number of alkyl halides is 3. The van der Waals surface area contributed by atoms with Gasteiger partial charge >= 0.3 is 6.18 Å². The van der Waals surface area contributed by atoms with Crippen LogP contribution in [0.4, 0.5) is 13.2 Å². The summed E-state index contributed by atoms with van der Waals surface area (Å²) in [5, 5.41) is 0. The van der Waals surface area contributed by atoms with Crippen LogP contribution in [0.3, 0.4) is 0 Å². The third kappa shape index (κ3) is 9.61. The minimum atomic E-state index is -4.46. The molecule has 0 bridgehead atoms. The number of hydrogen-bond donors (Lipinski definition) is 0. The van der Waals surface area contributed by atoms with Gasteiger partial charge in [0.05, 0.1) is 11.3 Å². The molecular weight excluding hydrogens is 661 g/mol. The lowest BCUT2D eigenvalue weighted by molar-refractivity contribution is -0.145. The summed E-state index contributed by atoms with van der Waals surface area (Å²) in [5.74, 6) is -0.554. The summed E-state index contributed by atoms with van der Waals surface area (Å²) in [6.45, 7) is 5.47. The van der Waals surface area contributed by atoms with Gasteiger partial charge in [-0.15, -0.1) is 0 Å². The van der Waals surface area contributed by atoms with Crippen molar-refractivity contribution in [2.45, 2.75) is 38.7 Å². The van der Waals surface area contributed by atoms with Crippen LogP contribution >= 0.6 is 0 Å². The fourth-order valence-electron chi connectivity index (χ4n) is 6.36. The van der Waals surface area contributed by atoms with Gasteiger partial charge in [0.2, 0.25) is 11.8 Å². The Morgan fingerprint density at radius 3 is 2.06 bits per heavy atom. The molecule has 6 rings (SSSR count). The van der Waals surface area contributed by atoms with Crippen LogP contribution in [0.5, 0.6) is 0 Å². The molecule has 2 heterocycles. The lowest BCUT2D eigenvalue weighted by Gasteiger charge is -2.39. The second-order valence-electron chi connectivity index (χ2n) is 13.1. The van der Waals surface area contributed by atoms with Gasteiger partial charge in [-0.05, 0) is 59.5 Å². The second kappa shape index (κ2) is 16.7. The fourth-order valence-corrected chi connectivity index (χ4v) is 6.36. The molecule has 0 spiro atoms. The van der Waals surface area contributed by atoms with Crippen molar-refractivity contribution in [3.8, 4) is 11.3 Å². The molecule has 0 N–H and O–H groups in total. The van der Waals surface area contributed by atoms with E-state index in [1.54, 1.807) is 11.1 Å². The highest BCUT2D eigenvalue weighted by Gasteiger charge is 2.34. The molecule has 0 unspecified atom stereocenters. The molecule has 1 aliphatic rings. The van der Waals surface area contributed by atoms with Crippen LogP contribution in [0.15, 0.2) is 134 Å². The largest absolute Gasteiger partial charge is 0.416 e. The molecule has 0 radical (unpaired) electrons. The summed E-state index contributed by atoms with van der Waals surface area (Å²) in [6, 6.07) is 35.4. The summed E-state index contributed by atoms with van der Waals surface area (Å²) < 4.78 is 39.5. The summed E-state index contributed by atoms with van der Waals surface area (Å²) in [6.07, 6.45) is 0.408. The highest BCUT2D eigenvalue weighted by molar-refractivity contribution is 5.95. The predicted octanol–water partition coefficient (Wildman–Crippen LogP) is 8.07. The summed E-state index contributed by atoms with van der Waals surface area (Å²) in [4.78, 5) is 39.0. The molecule has 266 valence electrons. The van der Waals surface area contributed by atoms with Crippen molar-refractivity contribution in [2.24, 2.45) is 0 Å². The summed E-state index contributed by atoms with van der Waals surface area (Å²) >= 11 is 0. The van der Waals surface area contributed by atoms with Crippen LogP contribution in [-0.4, -0.2) is 63.7 Å². The Bertz CT molecular complexity index is 1940. The van der Waals surface area contributed by atoms with Gasteiger partial charge in [0, 0.05) is 63.5 Å². The Balaban J connectivity index is 1.27. The van der Waals surface area contributed by atoms with E-state index in [4.69, 9.17) is 0 Å². The predicted molar refractivity (Wildman–Crippen MR) is 198 cm³/mol. The molecule has 1 aliphatic heterocycles. The number of aryl methyl sites for hydroxylation is 1. The van der Waals surface area contributed by atoms with Crippen LogP contribution in [0, 0.1) is 6.92 Å². The van der Waals surface area contributed by atoms with E-state index in [0.29, 0.717) is 38.2 Å². The molecule has 5 aromatic rings. The minimum absolute atomic E-state index is 0.139. The Hall–Kier alpha value is -5.54. The smallest absolute Gasteiger partial charge is 0.338 e. The van der Waals surface area contributed by atoms with Gasteiger partial charge in [0.1, 0.15) is 6.04 Å². The van der Waals surface area contributed by atoms with Crippen molar-refractivity contribution >= 4 is 17.9 Å². The number of halogens is 3. The second-order valence-corrected chi connectivity index (χ2v) is 13.1. The van der Waals surface area contributed by atoms with Crippen LogP contribution in [0.2, 0.25) is 0 Å². The van der Waals surface area contributed by atoms with Gasteiger partial charge in [-0.3, -0.25) is 19.5 Å². The van der Waals surface area contributed by atoms with Crippen LogP contribution < -0.4 is 0 Å². The standard InChI is InChI=1S/C43H41F3N4O2/c1-32-10-12-35(13-11-32)30-48-25-27-49(28-26-48)42(52)40(29-34-7-3-2-4-8-34)50(31-36-14-19-37(20-15-36)39-9-5-6-24-47-39)41(51)23-18-33-16-21-38(22-17-33)43(44,45)46/h2-24,40H,25-31H2,1H3/t40-/m0/s1. The number of amides is 2. The number of carbonyl (C=O) groups excluding carboxylic acids is 2. The molecule has 52 heavy (non-hydrogen) atoms. The molecule has 1 fully saturated rings. The number of aromatic nitrogens is 1. The average Bonchev–Trinajstić information content (AvgIpc) is 3.17. The highest BCUT2D eigenvalue weighted by atomic mass is 19.4. The number of hydrogen-bond acceptors (Lipinski definition) is 4. The quantitative estimate of drug-likeness (QED) is 0.131. The summed E-state index contributed by atoms with van der Waals surface area (Å²) in [7, 11) is 0. The lowest BCUT2D eigenvalue weighted by atomic mass is 10.0. The minimum Gasteiger partial charge on any atom is -0.338 e. The van der Waals surface area contributed by atoms with Crippen molar-refractivity contribution in [3.05, 3.63) is 167 Å². The molecule has 0 saturated carbocycles. The molecule has 0 aliphatic carbocycles.